The summed E-state index contributed by atoms with van der Waals surface area (Å²) in [6.07, 6.45) is 13.2. The smallest absolute Gasteiger partial charge is 0.150 e. The Labute approximate surface area is 197 Å². The van der Waals surface area contributed by atoms with Gasteiger partial charge in [-0.15, -0.1) is 0 Å². The van der Waals surface area contributed by atoms with Crippen molar-refractivity contribution in [1.82, 2.24) is 19.6 Å². The van der Waals surface area contributed by atoms with Crippen molar-refractivity contribution in [2.45, 2.75) is 85.5 Å². The summed E-state index contributed by atoms with van der Waals surface area (Å²) < 4.78 is 16.8. The Kier molecular flexibility index (Phi) is 11.2. The van der Waals surface area contributed by atoms with Crippen molar-refractivity contribution < 1.29 is 9.47 Å². The van der Waals surface area contributed by atoms with Crippen LogP contribution >= 0.6 is 10.0 Å². The van der Waals surface area contributed by atoms with Gasteiger partial charge >= 0.3 is 134 Å². The maximum absolute atomic E-state index is 5.79. The van der Waals surface area contributed by atoms with Gasteiger partial charge in [-0.2, -0.15) is 5.10 Å². The van der Waals surface area contributed by atoms with Crippen LogP contribution in [-0.2, 0) is 9.47 Å². The zero-order valence-corrected chi connectivity index (χ0v) is 25.1. The van der Waals surface area contributed by atoms with Gasteiger partial charge in [-0.05, 0) is 25.3 Å². The second-order valence-corrected chi connectivity index (χ2v) is 35.2. The first-order valence-electron chi connectivity index (χ1n) is 11.5. The zero-order valence-electron chi connectivity index (χ0n) is 20.2. The number of halogens is 1. The molecular formula is C22H41ClGe2N4O2. The van der Waals surface area contributed by atoms with Crippen molar-refractivity contribution in [1.29, 1.82) is 0 Å². The Morgan fingerprint density at radius 1 is 0.871 bits per heavy atom. The van der Waals surface area contributed by atoms with Crippen LogP contribution in [-0.4, -0.2) is 58.4 Å². The Morgan fingerprint density at radius 2 is 1.45 bits per heavy atom. The van der Waals surface area contributed by atoms with Gasteiger partial charge in [0.1, 0.15) is 6.23 Å². The van der Waals surface area contributed by atoms with Crippen LogP contribution in [0.3, 0.4) is 0 Å². The quantitative estimate of drug-likeness (QED) is 0.437. The molecular weight excluding hydrogens is 533 g/mol. The third-order valence-electron chi connectivity index (χ3n) is 4.84. The molecule has 0 aromatic carbocycles. The average molecular weight is 574 g/mol. The van der Waals surface area contributed by atoms with Crippen LogP contribution in [0.1, 0.15) is 51.0 Å². The summed E-state index contributed by atoms with van der Waals surface area (Å²) in [6.45, 7) is 1.77. The molecule has 0 N–H and O–H groups in total. The largest absolute Gasteiger partial charge is 0.357 e. The molecule has 2 aromatic heterocycles. The second kappa shape index (κ2) is 12.8. The number of hydrogen-bond acceptors (Lipinski definition) is 4. The van der Waals surface area contributed by atoms with Crippen molar-refractivity contribution in [3.05, 3.63) is 30.7 Å². The first-order valence-corrected chi connectivity index (χ1v) is 27.9. The minimum Gasteiger partial charge on any atom is -0.357 e. The van der Waals surface area contributed by atoms with Gasteiger partial charge in [0.05, 0.1) is 0 Å². The standard InChI is InChI=1S/C11H20GeN2O.C8H12N2O.C3H9ClGe/c1-12(2,3)10-7-8-13-14(10)11-6-4-5-9-15-11;1-2-7-11-8(4-1)10-6-3-5-9-10;1-5(2,3)4/h7-8,11H,4-6,9H2,1-3H3;3,5-6,8H,1-2,4,7H2;1-3H3. The van der Waals surface area contributed by atoms with E-state index in [0.717, 1.165) is 26.1 Å². The molecule has 6 nitrogen and oxygen atoms in total. The molecule has 9 heteroatoms. The summed E-state index contributed by atoms with van der Waals surface area (Å²) in [7, 11) is 5.72. The first kappa shape index (κ1) is 27.0. The van der Waals surface area contributed by atoms with Crippen LogP contribution in [0, 0.1) is 0 Å². The predicted octanol–water partition coefficient (Wildman–Crippen LogP) is 5.77. The minimum absolute atomic E-state index is 0.193. The number of nitrogens with zero attached hydrogens (tertiary/aromatic N) is 4. The van der Waals surface area contributed by atoms with E-state index in [1.165, 1.54) is 30.2 Å². The molecule has 0 bridgehead atoms. The summed E-state index contributed by atoms with van der Waals surface area (Å²) >= 11 is -3.32. The molecule has 0 saturated carbocycles. The number of aromatic nitrogens is 4. The van der Waals surface area contributed by atoms with Gasteiger partial charge in [0, 0.05) is 19.0 Å². The van der Waals surface area contributed by atoms with E-state index in [4.69, 9.17) is 19.5 Å². The monoisotopic (exact) mass is 576 g/mol. The molecule has 2 aliphatic heterocycles. The molecule has 2 aliphatic rings. The van der Waals surface area contributed by atoms with Gasteiger partial charge in [-0.25, -0.2) is 4.68 Å². The van der Waals surface area contributed by atoms with E-state index >= 15 is 0 Å². The molecule has 4 rings (SSSR count). The van der Waals surface area contributed by atoms with Crippen LogP contribution in [0.2, 0.25) is 34.5 Å². The molecule has 2 fully saturated rings. The molecule has 4 heterocycles. The summed E-state index contributed by atoms with van der Waals surface area (Å²) in [6, 6.07) is 4.11. The van der Waals surface area contributed by atoms with Crippen molar-refractivity contribution >= 4 is 40.1 Å². The van der Waals surface area contributed by atoms with Crippen LogP contribution in [0.25, 0.3) is 0 Å². The maximum atomic E-state index is 5.79. The molecule has 2 saturated heterocycles. The number of ether oxygens (including phenoxy) is 2. The normalized spacial score (nSPS) is 22.0. The van der Waals surface area contributed by atoms with Crippen LogP contribution in [0.5, 0.6) is 0 Å². The van der Waals surface area contributed by atoms with Crippen molar-refractivity contribution in [3.8, 4) is 0 Å². The van der Waals surface area contributed by atoms with Crippen LogP contribution in [0.4, 0.5) is 0 Å². The average Bonchev–Trinajstić information content (AvgIpc) is 3.40. The second-order valence-electron chi connectivity index (χ2n) is 10.1. The summed E-state index contributed by atoms with van der Waals surface area (Å²) in [4.78, 5) is 0. The molecule has 0 amide bonds. The Balaban J connectivity index is 0.000000187. The molecule has 2 aromatic rings. The Morgan fingerprint density at radius 3 is 1.90 bits per heavy atom. The SMILES string of the molecule is [CH3][Ge]([CH3])([CH3])[Cl].[CH3][Ge]([CH3])([CH3])[c]1ccnn1C1CCCCO1.c1cnn(C2CCCCO2)c1. The van der Waals surface area contributed by atoms with E-state index in [1.54, 1.807) is 6.20 Å². The summed E-state index contributed by atoms with van der Waals surface area (Å²) in [5, 5.41) is 8.58. The van der Waals surface area contributed by atoms with E-state index in [2.05, 4.69) is 55.5 Å². The van der Waals surface area contributed by atoms with Gasteiger partial charge in [0.2, 0.25) is 0 Å². The minimum atomic E-state index is -1.79. The summed E-state index contributed by atoms with van der Waals surface area (Å²) in [5.41, 5.74) is 0. The maximum Gasteiger partial charge on any atom is 0.150 e. The van der Waals surface area contributed by atoms with Crippen molar-refractivity contribution in [3.63, 3.8) is 0 Å². The van der Waals surface area contributed by atoms with E-state index < -0.39 is 25.6 Å². The van der Waals surface area contributed by atoms with Crippen molar-refractivity contribution in [2.75, 3.05) is 13.2 Å². The van der Waals surface area contributed by atoms with Crippen LogP contribution < -0.4 is 4.53 Å². The Bertz CT molecular complexity index is 724. The van der Waals surface area contributed by atoms with Gasteiger partial charge in [0.15, 0.2) is 0 Å². The van der Waals surface area contributed by atoms with E-state index in [1.807, 2.05) is 23.1 Å². The molecule has 0 radical (unpaired) electrons. The van der Waals surface area contributed by atoms with Gasteiger partial charge < -0.3 is 4.74 Å². The molecule has 0 aliphatic carbocycles. The van der Waals surface area contributed by atoms with E-state index in [0.29, 0.717) is 0 Å². The van der Waals surface area contributed by atoms with E-state index in [-0.39, 0.29) is 12.5 Å². The Hall–Kier alpha value is -0.284. The molecule has 31 heavy (non-hydrogen) atoms. The zero-order chi connectivity index (χ0) is 22.9. The first-order chi connectivity index (χ1) is 14.6. The third-order valence-corrected chi connectivity index (χ3v) is 8.90. The molecule has 0 spiro atoms. The molecule has 176 valence electrons. The van der Waals surface area contributed by atoms with Gasteiger partial charge in [0.25, 0.3) is 0 Å². The third kappa shape index (κ3) is 10.5. The van der Waals surface area contributed by atoms with Crippen LogP contribution in [0.15, 0.2) is 30.7 Å². The topological polar surface area (TPSA) is 54.1 Å². The van der Waals surface area contributed by atoms with Gasteiger partial charge in [-0.1, -0.05) is 0 Å². The fourth-order valence-corrected chi connectivity index (χ4v) is 6.51. The van der Waals surface area contributed by atoms with Crippen molar-refractivity contribution in [2.24, 2.45) is 0 Å². The summed E-state index contributed by atoms with van der Waals surface area (Å²) in [5.74, 6) is 13.6. The fourth-order valence-electron chi connectivity index (χ4n) is 3.44. The number of rotatable bonds is 3. The molecule has 2 unspecified atom stereocenters. The fraction of sp³-hybridized carbons (Fsp3) is 0.727. The van der Waals surface area contributed by atoms with E-state index in [9.17, 15) is 0 Å². The predicted molar refractivity (Wildman–Crippen MR) is 134 cm³/mol. The number of hydrogen-bond donors (Lipinski definition) is 0. The van der Waals surface area contributed by atoms with Gasteiger partial charge in [-0.3, -0.25) is 0 Å². The molecule has 2 atom stereocenters.